The predicted octanol–water partition coefficient (Wildman–Crippen LogP) is 5.71. The number of hydroxylamine groups is 1. The van der Waals surface area contributed by atoms with E-state index >= 15 is 0 Å². The molecule has 1 aromatic heterocycles. The minimum absolute atomic E-state index is 0.0391. The largest absolute Gasteiger partial charge is 0.431 e. The Hall–Kier alpha value is -3.63. The Balaban J connectivity index is 0.944. The van der Waals surface area contributed by atoms with E-state index < -0.39 is 0 Å². The molecular formula is C33H37N5O4S. The van der Waals surface area contributed by atoms with Gasteiger partial charge in [0.2, 0.25) is 0 Å². The minimum Gasteiger partial charge on any atom is -0.378 e. The standard InChI is InChI=1S/C33H37N5O4S/c39-31(36-11-13-41-14-12-36)24-7-5-23(6-8-24)27-20-43-32(34-27)37-9-10-38(29-4-2-1-3-28(29)37)42-33(40)35-30-25-16-21-15-22(18-25)19-26(30)17-21/h1-8,20-22,25-26,30H,9-19H2,(H,35,40). The molecule has 0 spiro atoms. The van der Waals surface area contributed by atoms with Gasteiger partial charge in [-0.1, -0.05) is 24.3 Å². The summed E-state index contributed by atoms with van der Waals surface area (Å²) in [6.45, 7) is 3.61. The van der Waals surface area contributed by atoms with Gasteiger partial charge in [-0.05, 0) is 80.0 Å². The van der Waals surface area contributed by atoms with Crippen molar-refractivity contribution in [3.05, 3.63) is 59.5 Å². The van der Waals surface area contributed by atoms with Gasteiger partial charge in [0.05, 0.1) is 36.8 Å². The zero-order valence-electron chi connectivity index (χ0n) is 24.2. The summed E-state index contributed by atoms with van der Waals surface area (Å²) in [7, 11) is 0. The fraction of sp³-hybridized carbons (Fsp3) is 0.485. The van der Waals surface area contributed by atoms with Crippen molar-refractivity contribution in [2.75, 3.05) is 49.4 Å². The third-order valence-electron chi connectivity index (χ3n) is 10.1. The number of nitrogens with zero attached hydrogens (tertiary/aromatic N) is 4. The topological polar surface area (TPSA) is 87.2 Å². The molecule has 2 amide bonds. The van der Waals surface area contributed by atoms with Gasteiger partial charge in [-0.2, -0.15) is 0 Å². The molecule has 2 aliphatic heterocycles. The van der Waals surface area contributed by atoms with Crippen LogP contribution in [0.25, 0.3) is 11.3 Å². The van der Waals surface area contributed by atoms with Crippen LogP contribution < -0.4 is 15.3 Å². The molecule has 9 rings (SSSR count). The molecule has 4 aliphatic carbocycles. The molecule has 0 unspecified atom stereocenters. The van der Waals surface area contributed by atoms with Crippen molar-refractivity contribution < 1.29 is 19.2 Å². The van der Waals surface area contributed by atoms with E-state index in [1.54, 1.807) is 16.4 Å². The highest BCUT2D eigenvalue weighted by molar-refractivity contribution is 7.14. The fourth-order valence-corrected chi connectivity index (χ4v) is 9.18. The average Bonchev–Trinajstić information content (AvgIpc) is 3.53. The van der Waals surface area contributed by atoms with Crippen LogP contribution in [0.15, 0.2) is 53.9 Å². The first-order chi connectivity index (χ1) is 21.1. The molecule has 3 heterocycles. The normalized spacial score (nSPS) is 27.6. The van der Waals surface area contributed by atoms with E-state index in [-0.39, 0.29) is 18.0 Å². The highest BCUT2D eigenvalue weighted by atomic mass is 32.1. The van der Waals surface area contributed by atoms with Crippen LogP contribution in [0, 0.1) is 23.7 Å². The van der Waals surface area contributed by atoms with E-state index in [0.29, 0.717) is 56.8 Å². The van der Waals surface area contributed by atoms with Crippen LogP contribution in [-0.2, 0) is 9.57 Å². The second-order valence-corrected chi connectivity index (χ2v) is 13.6. The summed E-state index contributed by atoms with van der Waals surface area (Å²) in [5, 5.41) is 7.95. The number of rotatable bonds is 5. The van der Waals surface area contributed by atoms with Gasteiger partial charge in [0.1, 0.15) is 0 Å². The average molecular weight is 600 g/mol. The third kappa shape index (κ3) is 5.14. The number of amides is 2. The van der Waals surface area contributed by atoms with Crippen LogP contribution in [0.2, 0.25) is 0 Å². The van der Waals surface area contributed by atoms with Crippen molar-refractivity contribution in [2.45, 2.75) is 38.1 Å². The number of hydrogen-bond acceptors (Lipinski definition) is 8. The molecule has 4 bridgehead atoms. The molecule has 224 valence electrons. The predicted molar refractivity (Wildman–Crippen MR) is 166 cm³/mol. The Bertz CT molecular complexity index is 1470. The molecule has 2 aromatic carbocycles. The number of benzene rings is 2. The Labute approximate surface area is 255 Å². The maximum Gasteiger partial charge on any atom is 0.431 e. The monoisotopic (exact) mass is 599 g/mol. The van der Waals surface area contributed by atoms with E-state index in [9.17, 15) is 9.59 Å². The van der Waals surface area contributed by atoms with Gasteiger partial charge in [0.15, 0.2) is 5.13 Å². The number of nitrogens with one attached hydrogen (secondary N) is 1. The van der Waals surface area contributed by atoms with E-state index in [0.717, 1.165) is 39.6 Å². The smallest absolute Gasteiger partial charge is 0.378 e. The lowest BCUT2D eigenvalue weighted by molar-refractivity contribution is -0.0142. The summed E-state index contributed by atoms with van der Waals surface area (Å²) >= 11 is 1.59. The Morgan fingerprint density at radius 1 is 0.860 bits per heavy atom. The lowest BCUT2D eigenvalue weighted by Crippen LogP contribution is -2.56. The number of hydrogen-bond donors (Lipinski definition) is 1. The number of carbonyl (C=O) groups excluding carboxylic acids is 2. The Morgan fingerprint density at radius 2 is 1.56 bits per heavy atom. The second-order valence-electron chi connectivity index (χ2n) is 12.7. The molecule has 0 radical (unpaired) electrons. The van der Waals surface area contributed by atoms with Crippen LogP contribution in [0.1, 0.15) is 42.5 Å². The minimum atomic E-state index is -0.340. The number of carbonyl (C=O) groups is 2. The van der Waals surface area contributed by atoms with Crippen molar-refractivity contribution in [3.63, 3.8) is 0 Å². The molecule has 43 heavy (non-hydrogen) atoms. The van der Waals surface area contributed by atoms with Gasteiger partial charge < -0.3 is 24.7 Å². The maximum absolute atomic E-state index is 13.2. The van der Waals surface area contributed by atoms with E-state index in [1.807, 2.05) is 53.4 Å². The molecule has 4 saturated carbocycles. The van der Waals surface area contributed by atoms with Crippen LogP contribution in [0.5, 0.6) is 0 Å². The Kier molecular flexibility index (Phi) is 6.98. The van der Waals surface area contributed by atoms with Crippen LogP contribution in [-0.4, -0.2) is 67.3 Å². The van der Waals surface area contributed by atoms with Crippen molar-refractivity contribution in [2.24, 2.45) is 23.7 Å². The van der Waals surface area contributed by atoms with Gasteiger partial charge in [-0.15, -0.1) is 11.3 Å². The van der Waals surface area contributed by atoms with Gasteiger partial charge in [-0.25, -0.2) is 14.8 Å². The number of thiazole rings is 1. The number of fused-ring (bicyclic) bond motifs is 1. The highest BCUT2D eigenvalue weighted by Crippen LogP contribution is 2.53. The molecular weight excluding hydrogens is 562 g/mol. The summed E-state index contributed by atoms with van der Waals surface area (Å²) in [5.74, 6) is 2.98. The van der Waals surface area contributed by atoms with Crippen molar-refractivity contribution in [1.82, 2.24) is 15.2 Å². The molecule has 5 fully saturated rings. The molecule has 9 nitrogen and oxygen atoms in total. The van der Waals surface area contributed by atoms with Gasteiger partial charge in [0, 0.05) is 42.2 Å². The number of aromatic nitrogens is 1. The zero-order valence-corrected chi connectivity index (χ0v) is 25.0. The maximum atomic E-state index is 13.2. The third-order valence-corrected chi connectivity index (χ3v) is 11.0. The number of morpholine rings is 1. The van der Waals surface area contributed by atoms with Crippen molar-refractivity contribution in [3.8, 4) is 11.3 Å². The first-order valence-corrected chi connectivity index (χ1v) is 16.5. The van der Waals surface area contributed by atoms with Gasteiger partial charge >= 0.3 is 6.09 Å². The molecule has 6 aliphatic rings. The van der Waals surface area contributed by atoms with E-state index in [1.165, 1.54) is 32.1 Å². The van der Waals surface area contributed by atoms with E-state index in [2.05, 4.69) is 15.6 Å². The van der Waals surface area contributed by atoms with Gasteiger partial charge in [-0.3, -0.25) is 4.79 Å². The van der Waals surface area contributed by atoms with Gasteiger partial charge in [0.25, 0.3) is 5.91 Å². The van der Waals surface area contributed by atoms with E-state index in [4.69, 9.17) is 14.6 Å². The van der Waals surface area contributed by atoms with Crippen LogP contribution in [0.4, 0.5) is 21.3 Å². The lowest BCUT2D eigenvalue weighted by Gasteiger charge is -2.54. The summed E-state index contributed by atoms with van der Waals surface area (Å²) in [6.07, 6.45) is 6.08. The number of ether oxygens (including phenoxy) is 1. The quantitative estimate of drug-likeness (QED) is 0.402. The summed E-state index contributed by atoms with van der Waals surface area (Å²) in [5.41, 5.74) is 4.34. The van der Waals surface area contributed by atoms with Crippen molar-refractivity contribution in [1.29, 1.82) is 0 Å². The van der Waals surface area contributed by atoms with Crippen molar-refractivity contribution >= 4 is 39.8 Å². The van der Waals surface area contributed by atoms with Crippen LogP contribution in [0.3, 0.4) is 0 Å². The van der Waals surface area contributed by atoms with Crippen LogP contribution >= 0.6 is 11.3 Å². The SMILES string of the molecule is O=C(NC1C2CC3CC(C2)CC1C3)ON1CCN(c2nc(-c3ccc(C(=O)N4CCOCC4)cc3)cs2)c2ccccc21. The summed E-state index contributed by atoms with van der Waals surface area (Å²) in [6, 6.07) is 16.0. The zero-order chi connectivity index (χ0) is 28.9. The molecule has 1 saturated heterocycles. The first kappa shape index (κ1) is 27.0. The molecule has 10 heteroatoms. The molecule has 1 N–H and O–H groups in total. The first-order valence-electron chi connectivity index (χ1n) is 15.6. The summed E-state index contributed by atoms with van der Waals surface area (Å²) < 4.78 is 5.37. The molecule has 3 aromatic rings. The second kappa shape index (κ2) is 11.1. The molecule has 0 atom stereocenters. The lowest BCUT2D eigenvalue weighted by atomic mass is 9.54. The highest BCUT2D eigenvalue weighted by Gasteiger charge is 2.49. The summed E-state index contributed by atoms with van der Waals surface area (Å²) in [4.78, 5) is 40.9. The number of anilines is 3. The fourth-order valence-electron chi connectivity index (χ4n) is 8.31. The number of para-hydroxylation sites is 2. The Morgan fingerprint density at radius 3 is 2.28 bits per heavy atom.